The molecule has 0 bridgehead atoms. The topological polar surface area (TPSA) is 74.7 Å². The molecule has 1 heterocycles. The van der Waals surface area contributed by atoms with E-state index in [9.17, 15) is 14.4 Å². The average molecular weight is 304 g/mol. The summed E-state index contributed by atoms with van der Waals surface area (Å²) in [4.78, 5) is 36.5. The molecule has 0 fully saturated rings. The smallest absolute Gasteiger partial charge is 0.305 e. The standard InChI is InChI=1S/C15H10ClNO4/c16-11-5-4-10-13-8(11)2-1-3-9(13)14(20)17(15(10)21)7-6-12(18)19/h1-5H,6-7H2,(H,18,19). The summed E-state index contributed by atoms with van der Waals surface area (Å²) in [5.74, 6) is -2.03. The molecule has 2 amide bonds. The molecule has 5 nitrogen and oxygen atoms in total. The molecule has 21 heavy (non-hydrogen) atoms. The molecule has 6 heteroatoms. The number of benzene rings is 2. The molecule has 0 unspecified atom stereocenters. The number of nitrogens with zero attached hydrogens (tertiary/aromatic N) is 1. The van der Waals surface area contributed by atoms with Gasteiger partial charge >= 0.3 is 5.97 Å². The van der Waals surface area contributed by atoms with Gasteiger partial charge in [0.2, 0.25) is 0 Å². The van der Waals surface area contributed by atoms with Crippen molar-refractivity contribution in [2.45, 2.75) is 6.42 Å². The molecule has 0 spiro atoms. The van der Waals surface area contributed by atoms with Gasteiger partial charge in [0.15, 0.2) is 0 Å². The number of hydrogen-bond acceptors (Lipinski definition) is 3. The molecule has 106 valence electrons. The predicted octanol–water partition coefficient (Wildman–Crippen LogP) is 2.56. The fourth-order valence-electron chi connectivity index (χ4n) is 2.52. The van der Waals surface area contributed by atoms with Crippen molar-refractivity contribution in [3.8, 4) is 0 Å². The first kappa shape index (κ1) is 13.6. The molecule has 3 rings (SSSR count). The third-order valence-corrected chi connectivity index (χ3v) is 3.82. The Morgan fingerprint density at radius 2 is 1.76 bits per heavy atom. The summed E-state index contributed by atoms with van der Waals surface area (Å²) in [5, 5.41) is 10.4. The minimum Gasteiger partial charge on any atom is -0.481 e. The molecule has 0 saturated heterocycles. The Hall–Kier alpha value is -2.40. The number of carboxylic acids is 1. The van der Waals surface area contributed by atoms with Gasteiger partial charge in [-0.15, -0.1) is 0 Å². The SMILES string of the molecule is O=C(O)CCN1C(=O)c2cccc3c(Cl)ccc(c23)C1=O. The minimum atomic E-state index is -1.06. The van der Waals surface area contributed by atoms with Gasteiger partial charge in [-0.1, -0.05) is 23.7 Å². The maximum Gasteiger partial charge on any atom is 0.305 e. The molecule has 0 atom stereocenters. The molecular weight excluding hydrogens is 294 g/mol. The minimum absolute atomic E-state index is 0.147. The average Bonchev–Trinajstić information content (AvgIpc) is 2.45. The van der Waals surface area contributed by atoms with E-state index in [1.165, 1.54) is 0 Å². The lowest BCUT2D eigenvalue weighted by molar-refractivity contribution is -0.137. The fourth-order valence-corrected chi connectivity index (χ4v) is 2.74. The second-order valence-electron chi connectivity index (χ2n) is 4.73. The van der Waals surface area contributed by atoms with Gasteiger partial charge in [-0.2, -0.15) is 0 Å². The van der Waals surface area contributed by atoms with Gasteiger partial charge in [-0.3, -0.25) is 19.3 Å². The van der Waals surface area contributed by atoms with Crippen LogP contribution in [0.25, 0.3) is 10.8 Å². The largest absolute Gasteiger partial charge is 0.481 e. The first-order chi connectivity index (χ1) is 10.0. The summed E-state index contributed by atoms with van der Waals surface area (Å²) in [6.45, 7) is -0.147. The van der Waals surface area contributed by atoms with Gasteiger partial charge in [0.05, 0.1) is 6.42 Å². The normalized spacial score (nSPS) is 13.9. The van der Waals surface area contributed by atoms with E-state index in [0.717, 1.165) is 4.90 Å². The van der Waals surface area contributed by atoms with Crippen LogP contribution in [0.4, 0.5) is 0 Å². The Morgan fingerprint density at radius 1 is 1.10 bits per heavy atom. The van der Waals surface area contributed by atoms with Crippen molar-refractivity contribution in [1.29, 1.82) is 0 Å². The van der Waals surface area contributed by atoms with E-state index in [4.69, 9.17) is 16.7 Å². The Balaban J connectivity index is 2.17. The highest BCUT2D eigenvalue weighted by Gasteiger charge is 2.33. The molecular formula is C15H10ClNO4. The summed E-state index contributed by atoms with van der Waals surface area (Å²) < 4.78 is 0. The highest BCUT2D eigenvalue weighted by Crippen LogP contribution is 2.34. The molecule has 0 aromatic heterocycles. The maximum atomic E-state index is 12.4. The van der Waals surface area contributed by atoms with E-state index >= 15 is 0 Å². The highest BCUT2D eigenvalue weighted by molar-refractivity contribution is 6.38. The quantitative estimate of drug-likeness (QED) is 0.884. The molecule has 0 aliphatic carbocycles. The van der Waals surface area contributed by atoms with Gasteiger partial charge in [0.1, 0.15) is 0 Å². The van der Waals surface area contributed by atoms with Crippen LogP contribution in [0.1, 0.15) is 27.1 Å². The number of carboxylic acid groups (broad SMARTS) is 1. The van der Waals surface area contributed by atoms with Gasteiger partial charge in [0, 0.05) is 33.5 Å². The Labute approximate surface area is 124 Å². The lowest BCUT2D eigenvalue weighted by Crippen LogP contribution is -2.41. The molecule has 1 N–H and O–H groups in total. The number of carbonyl (C=O) groups excluding carboxylic acids is 2. The number of carbonyl (C=O) groups is 3. The van der Waals surface area contributed by atoms with Crippen LogP contribution < -0.4 is 0 Å². The number of imide groups is 1. The van der Waals surface area contributed by atoms with Gasteiger partial charge in [-0.25, -0.2) is 0 Å². The van der Waals surface area contributed by atoms with Crippen molar-refractivity contribution < 1.29 is 19.5 Å². The molecule has 0 radical (unpaired) electrons. The van der Waals surface area contributed by atoms with Crippen molar-refractivity contribution >= 4 is 40.2 Å². The first-order valence-corrected chi connectivity index (χ1v) is 6.67. The Bertz CT molecular complexity index is 777. The van der Waals surface area contributed by atoms with Crippen molar-refractivity contribution in [3.63, 3.8) is 0 Å². The molecule has 0 saturated carbocycles. The second-order valence-corrected chi connectivity index (χ2v) is 5.14. The zero-order valence-electron chi connectivity index (χ0n) is 10.8. The zero-order chi connectivity index (χ0) is 15.1. The first-order valence-electron chi connectivity index (χ1n) is 6.30. The van der Waals surface area contributed by atoms with Crippen molar-refractivity contribution in [2.75, 3.05) is 6.54 Å². The van der Waals surface area contributed by atoms with Crippen LogP contribution in [0, 0.1) is 0 Å². The molecule has 2 aromatic carbocycles. The van der Waals surface area contributed by atoms with Crippen LogP contribution >= 0.6 is 11.6 Å². The zero-order valence-corrected chi connectivity index (χ0v) is 11.6. The van der Waals surface area contributed by atoms with Crippen molar-refractivity contribution in [3.05, 3.63) is 46.5 Å². The summed E-state index contributed by atoms with van der Waals surface area (Å²) in [5.41, 5.74) is 0.741. The van der Waals surface area contributed by atoms with E-state index in [2.05, 4.69) is 0 Å². The van der Waals surface area contributed by atoms with Gasteiger partial charge in [-0.05, 0) is 18.2 Å². The molecule has 1 aliphatic rings. The van der Waals surface area contributed by atoms with Crippen LogP contribution in [-0.4, -0.2) is 34.3 Å². The van der Waals surface area contributed by atoms with E-state index < -0.39 is 17.8 Å². The number of halogens is 1. The Kier molecular flexibility index (Phi) is 3.14. The summed E-state index contributed by atoms with van der Waals surface area (Å²) in [7, 11) is 0. The number of rotatable bonds is 3. The van der Waals surface area contributed by atoms with E-state index in [-0.39, 0.29) is 13.0 Å². The lowest BCUT2D eigenvalue weighted by atomic mass is 9.94. The number of amides is 2. The van der Waals surface area contributed by atoms with Crippen LogP contribution in [0.15, 0.2) is 30.3 Å². The number of hydrogen-bond donors (Lipinski definition) is 1. The van der Waals surface area contributed by atoms with Crippen LogP contribution in [0.2, 0.25) is 5.02 Å². The third-order valence-electron chi connectivity index (χ3n) is 3.49. The van der Waals surface area contributed by atoms with Crippen LogP contribution in [0.3, 0.4) is 0 Å². The second kappa shape index (κ2) is 4.86. The van der Waals surface area contributed by atoms with Crippen LogP contribution in [-0.2, 0) is 4.79 Å². The van der Waals surface area contributed by atoms with E-state index in [1.54, 1.807) is 30.3 Å². The van der Waals surface area contributed by atoms with E-state index in [1.807, 2.05) is 0 Å². The monoisotopic (exact) mass is 303 g/mol. The lowest BCUT2D eigenvalue weighted by Gasteiger charge is -2.26. The highest BCUT2D eigenvalue weighted by atomic mass is 35.5. The van der Waals surface area contributed by atoms with Gasteiger partial charge in [0.25, 0.3) is 11.8 Å². The summed E-state index contributed by atoms with van der Waals surface area (Å²) in [6.07, 6.45) is -0.281. The van der Waals surface area contributed by atoms with Gasteiger partial charge < -0.3 is 5.11 Å². The fraction of sp³-hybridized carbons (Fsp3) is 0.133. The van der Waals surface area contributed by atoms with Crippen molar-refractivity contribution in [1.82, 2.24) is 4.90 Å². The molecule has 2 aromatic rings. The maximum absolute atomic E-state index is 12.4. The third kappa shape index (κ3) is 2.06. The van der Waals surface area contributed by atoms with Crippen LogP contribution in [0.5, 0.6) is 0 Å². The predicted molar refractivity (Wildman–Crippen MR) is 76.6 cm³/mol. The van der Waals surface area contributed by atoms with Crippen molar-refractivity contribution in [2.24, 2.45) is 0 Å². The number of aliphatic carboxylic acids is 1. The summed E-state index contributed by atoms with van der Waals surface area (Å²) >= 11 is 6.10. The van der Waals surface area contributed by atoms with E-state index in [0.29, 0.717) is 26.9 Å². The summed E-state index contributed by atoms with van der Waals surface area (Å²) in [6, 6.07) is 8.22. The Morgan fingerprint density at radius 3 is 2.43 bits per heavy atom. The molecule has 1 aliphatic heterocycles.